The standard InChI is InChI=1S/C36H39Cl2N3O4S/c1-25(2)22-39-36(43)34(21-28-12-7-5-8-13-28)40(23-31-32(37)16-11-17-33(31)38)35(42)24-41(29-19-18-26(3)27(4)20-29)46(44,45)30-14-9-6-10-15-30/h5-20,25,34H,21-24H2,1-4H3,(H,39,43)/t34-/m0/s1. The summed E-state index contributed by atoms with van der Waals surface area (Å²) < 4.78 is 29.4. The van der Waals surface area contributed by atoms with E-state index in [1.165, 1.54) is 17.0 Å². The molecule has 0 aromatic heterocycles. The van der Waals surface area contributed by atoms with Gasteiger partial charge in [-0.2, -0.15) is 0 Å². The zero-order valence-electron chi connectivity index (χ0n) is 26.4. The number of hydrogen-bond donors (Lipinski definition) is 1. The van der Waals surface area contributed by atoms with Crippen molar-refractivity contribution in [3.05, 3.63) is 129 Å². The summed E-state index contributed by atoms with van der Waals surface area (Å²) in [5, 5.41) is 3.63. The van der Waals surface area contributed by atoms with Crippen LogP contribution in [0.25, 0.3) is 0 Å². The van der Waals surface area contributed by atoms with Crippen LogP contribution < -0.4 is 9.62 Å². The summed E-state index contributed by atoms with van der Waals surface area (Å²) in [5.41, 5.74) is 3.47. The maximum absolute atomic E-state index is 14.6. The van der Waals surface area contributed by atoms with E-state index < -0.39 is 28.5 Å². The molecule has 0 aliphatic carbocycles. The van der Waals surface area contributed by atoms with Crippen molar-refractivity contribution in [2.24, 2.45) is 5.92 Å². The molecule has 0 fully saturated rings. The molecule has 0 saturated heterocycles. The fourth-order valence-electron chi connectivity index (χ4n) is 4.96. The molecule has 4 aromatic rings. The zero-order chi connectivity index (χ0) is 33.4. The maximum atomic E-state index is 14.6. The van der Waals surface area contributed by atoms with Crippen molar-refractivity contribution in [3.8, 4) is 0 Å². The summed E-state index contributed by atoms with van der Waals surface area (Å²) >= 11 is 13.2. The number of nitrogens with zero attached hydrogens (tertiary/aromatic N) is 2. The molecule has 0 bridgehead atoms. The fraction of sp³-hybridized carbons (Fsp3) is 0.278. The molecule has 0 spiro atoms. The van der Waals surface area contributed by atoms with Gasteiger partial charge in [0, 0.05) is 35.1 Å². The van der Waals surface area contributed by atoms with Crippen LogP contribution in [0.2, 0.25) is 10.0 Å². The van der Waals surface area contributed by atoms with Gasteiger partial charge in [0.1, 0.15) is 12.6 Å². The smallest absolute Gasteiger partial charge is 0.264 e. The van der Waals surface area contributed by atoms with Gasteiger partial charge in [-0.25, -0.2) is 8.42 Å². The summed E-state index contributed by atoms with van der Waals surface area (Å²) in [6.45, 7) is 7.49. The van der Waals surface area contributed by atoms with Gasteiger partial charge >= 0.3 is 0 Å². The molecule has 0 radical (unpaired) electrons. The molecule has 46 heavy (non-hydrogen) atoms. The van der Waals surface area contributed by atoms with Crippen molar-refractivity contribution >= 4 is 50.7 Å². The van der Waals surface area contributed by atoms with Gasteiger partial charge in [-0.1, -0.05) is 97.7 Å². The normalized spacial score (nSPS) is 12.1. The zero-order valence-corrected chi connectivity index (χ0v) is 28.7. The SMILES string of the molecule is Cc1ccc(N(CC(=O)N(Cc2c(Cl)cccc2Cl)[C@@H](Cc2ccccc2)C(=O)NCC(C)C)S(=O)(=O)c2ccccc2)cc1C. The minimum Gasteiger partial charge on any atom is -0.354 e. The Morgan fingerprint density at radius 1 is 0.804 bits per heavy atom. The van der Waals surface area contributed by atoms with Gasteiger partial charge in [-0.3, -0.25) is 13.9 Å². The van der Waals surface area contributed by atoms with E-state index in [4.69, 9.17) is 23.2 Å². The van der Waals surface area contributed by atoms with Gasteiger partial charge in [-0.05, 0) is 72.9 Å². The molecule has 7 nitrogen and oxygen atoms in total. The van der Waals surface area contributed by atoms with Crippen LogP contribution in [0, 0.1) is 19.8 Å². The highest BCUT2D eigenvalue weighted by Crippen LogP contribution is 2.29. The fourth-order valence-corrected chi connectivity index (χ4v) is 6.90. The number of carbonyl (C=O) groups excluding carboxylic acids is 2. The summed E-state index contributed by atoms with van der Waals surface area (Å²) in [6.07, 6.45) is 0.188. The molecule has 0 aliphatic heterocycles. The quantitative estimate of drug-likeness (QED) is 0.162. The Balaban J connectivity index is 1.84. The van der Waals surface area contributed by atoms with E-state index in [2.05, 4.69) is 5.32 Å². The Hall–Kier alpha value is -3.85. The number of anilines is 1. The molecule has 1 atom stereocenters. The van der Waals surface area contributed by atoms with E-state index in [0.29, 0.717) is 27.8 Å². The van der Waals surface area contributed by atoms with Gasteiger partial charge in [0.2, 0.25) is 11.8 Å². The number of carbonyl (C=O) groups is 2. The number of nitrogens with one attached hydrogen (secondary N) is 1. The van der Waals surface area contributed by atoms with Gasteiger partial charge in [0.05, 0.1) is 10.6 Å². The summed E-state index contributed by atoms with van der Waals surface area (Å²) in [4.78, 5) is 30.0. The molecule has 0 heterocycles. The van der Waals surface area contributed by atoms with E-state index in [-0.39, 0.29) is 29.7 Å². The third kappa shape index (κ3) is 8.69. The first-order valence-electron chi connectivity index (χ1n) is 15.1. The van der Waals surface area contributed by atoms with Gasteiger partial charge in [-0.15, -0.1) is 0 Å². The topological polar surface area (TPSA) is 86.8 Å². The highest BCUT2D eigenvalue weighted by Gasteiger charge is 2.35. The Labute approximate surface area is 282 Å². The summed E-state index contributed by atoms with van der Waals surface area (Å²) in [7, 11) is -4.19. The first-order valence-corrected chi connectivity index (χ1v) is 17.3. The number of halogens is 2. The van der Waals surface area contributed by atoms with Crippen molar-refractivity contribution in [2.75, 3.05) is 17.4 Å². The predicted octanol–water partition coefficient (Wildman–Crippen LogP) is 7.22. The molecule has 2 amide bonds. The van der Waals surface area contributed by atoms with Crippen LogP contribution in [0.15, 0.2) is 102 Å². The van der Waals surface area contributed by atoms with E-state index in [9.17, 15) is 18.0 Å². The minimum absolute atomic E-state index is 0.0391. The van der Waals surface area contributed by atoms with Crippen molar-refractivity contribution < 1.29 is 18.0 Å². The third-order valence-electron chi connectivity index (χ3n) is 7.73. The minimum atomic E-state index is -4.19. The van der Waals surface area contributed by atoms with Crippen molar-refractivity contribution in [1.82, 2.24) is 10.2 Å². The maximum Gasteiger partial charge on any atom is 0.264 e. The molecular formula is C36H39Cl2N3O4S. The Bertz CT molecular complexity index is 1750. The van der Waals surface area contributed by atoms with Crippen LogP contribution in [-0.2, 0) is 32.6 Å². The predicted molar refractivity (Wildman–Crippen MR) is 186 cm³/mol. The second-order valence-electron chi connectivity index (χ2n) is 11.7. The highest BCUT2D eigenvalue weighted by atomic mass is 35.5. The number of aryl methyl sites for hydroxylation is 2. The van der Waals surface area contributed by atoms with Crippen LogP contribution in [-0.4, -0.2) is 44.3 Å². The summed E-state index contributed by atoms with van der Waals surface area (Å²) in [6, 6.07) is 26.6. The average Bonchev–Trinajstić information content (AvgIpc) is 3.03. The monoisotopic (exact) mass is 679 g/mol. The number of sulfonamides is 1. The van der Waals surface area contributed by atoms with Crippen LogP contribution in [0.5, 0.6) is 0 Å². The second kappa shape index (κ2) is 15.6. The van der Waals surface area contributed by atoms with Crippen molar-refractivity contribution in [3.63, 3.8) is 0 Å². The average molecular weight is 681 g/mol. The van der Waals surface area contributed by atoms with Gasteiger partial charge in [0.25, 0.3) is 10.0 Å². The first kappa shape index (κ1) is 35.0. The number of benzene rings is 4. The Morgan fingerprint density at radius 3 is 2.00 bits per heavy atom. The molecule has 0 saturated carbocycles. The molecule has 1 N–H and O–H groups in total. The molecular weight excluding hydrogens is 641 g/mol. The number of amides is 2. The number of rotatable bonds is 13. The number of hydrogen-bond acceptors (Lipinski definition) is 4. The highest BCUT2D eigenvalue weighted by molar-refractivity contribution is 7.92. The lowest BCUT2D eigenvalue weighted by atomic mass is 10.0. The van der Waals surface area contributed by atoms with Crippen LogP contribution in [0.3, 0.4) is 0 Å². The molecule has 4 rings (SSSR count). The first-order chi connectivity index (χ1) is 21.9. The molecule has 242 valence electrons. The molecule has 10 heteroatoms. The lowest BCUT2D eigenvalue weighted by Crippen LogP contribution is -2.53. The van der Waals surface area contributed by atoms with Crippen LogP contribution in [0.1, 0.15) is 36.1 Å². The largest absolute Gasteiger partial charge is 0.354 e. The lowest BCUT2D eigenvalue weighted by molar-refractivity contribution is -0.140. The van der Waals surface area contributed by atoms with Crippen LogP contribution in [0.4, 0.5) is 5.69 Å². The van der Waals surface area contributed by atoms with E-state index in [0.717, 1.165) is 21.0 Å². The Kier molecular flexibility index (Phi) is 11.9. The third-order valence-corrected chi connectivity index (χ3v) is 10.2. The van der Waals surface area contributed by atoms with E-state index in [1.807, 2.05) is 64.1 Å². The van der Waals surface area contributed by atoms with Crippen LogP contribution >= 0.6 is 23.2 Å². The molecule has 0 unspecified atom stereocenters. The van der Waals surface area contributed by atoms with Gasteiger partial charge < -0.3 is 10.2 Å². The Morgan fingerprint density at radius 2 is 1.41 bits per heavy atom. The lowest BCUT2D eigenvalue weighted by Gasteiger charge is -2.34. The molecule has 0 aliphatic rings. The summed E-state index contributed by atoms with van der Waals surface area (Å²) in [5.74, 6) is -0.785. The van der Waals surface area contributed by atoms with Crippen molar-refractivity contribution in [1.29, 1.82) is 0 Å². The second-order valence-corrected chi connectivity index (χ2v) is 14.3. The molecule has 4 aromatic carbocycles. The van der Waals surface area contributed by atoms with E-state index in [1.54, 1.807) is 48.5 Å². The van der Waals surface area contributed by atoms with Crippen molar-refractivity contribution in [2.45, 2.75) is 51.6 Å². The van der Waals surface area contributed by atoms with Gasteiger partial charge in [0.15, 0.2) is 0 Å². The van der Waals surface area contributed by atoms with E-state index >= 15 is 0 Å².